The molecule has 0 spiro atoms. The number of carbonyl (C=O) groups excluding carboxylic acids is 1. The number of Topliss-reactive ketones (excluding diaryl/α,β-unsaturated/α-hetero) is 1. The second-order valence-corrected chi connectivity index (χ2v) is 9.48. The van der Waals surface area contributed by atoms with E-state index < -0.39 is 0 Å². The van der Waals surface area contributed by atoms with Crippen LogP contribution in [0, 0.1) is 12.3 Å². The van der Waals surface area contributed by atoms with Crippen LogP contribution in [-0.2, 0) is 4.79 Å². The Kier molecular flexibility index (Phi) is 3.85. The fourth-order valence-corrected chi connectivity index (χ4v) is 5.41. The second-order valence-electron chi connectivity index (χ2n) is 8.50. The lowest BCUT2D eigenvalue weighted by Gasteiger charge is -2.38. The van der Waals surface area contributed by atoms with Crippen LogP contribution in [0.2, 0.25) is 0 Å². The second kappa shape index (κ2) is 6.17. The van der Waals surface area contributed by atoms with E-state index in [-0.39, 0.29) is 17.1 Å². The molecule has 4 nitrogen and oxygen atoms in total. The van der Waals surface area contributed by atoms with Gasteiger partial charge in [-0.2, -0.15) is 5.10 Å². The number of aromatic nitrogens is 2. The van der Waals surface area contributed by atoms with Crippen LogP contribution in [0.5, 0.6) is 0 Å². The van der Waals surface area contributed by atoms with E-state index >= 15 is 0 Å². The highest BCUT2D eigenvalue weighted by molar-refractivity contribution is 7.10. The molecular weight excluding hydrogens is 366 g/mol. The van der Waals surface area contributed by atoms with Crippen LogP contribution in [0.3, 0.4) is 0 Å². The molecule has 28 heavy (non-hydrogen) atoms. The van der Waals surface area contributed by atoms with Crippen LogP contribution in [0.4, 0.5) is 5.82 Å². The molecule has 0 amide bonds. The molecule has 142 valence electrons. The van der Waals surface area contributed by atoms with E-state index in [1.807, 2.05) is 29.8 Å². The minimum atomic E-state index is -0.0349. The lowest BCUT2D eigenvalue weighted by atomic mass is 9.70. The van der Waals surface area contributed by atoms with Crippen molar-refractivity contribution in [1.82, 2.24) is 9.78 Å². The molecule has 3 heterocycles. The summed E-state index contributed by atoms with van der Waals surface area (Å²) in [5, 5.41) is 10.6. The average molecular weight is 390 g/mol. The highest BCUT2D eigenvalue weighted by Crippen LogP contribution is 2.51. The van der Waals surface area contributed by atoms with E-state index in [1.165, 1.54) is 4.88 Å². The van der Waals surface area contributed by atoms with E-state index in [9.17, 15) is 4.79 Å². The number of rotatable bonds is 2. The standard InChI is InChI=1S/C23H23N3OS/c1-14-19-21(18-10-7-11-28-18)20-16(12-23(2,3)13-17(20)27)24-22(19)26(25-14)15-8-5-4-6-9-15/h4-11,21,24H,12-13H2,1-3H3/t21-/m1/s1. The predicted octanol–water partition coefficient (Wildman–Crippen LogP) is 5.44. The first-order valence-corrected chi connectivity index (χ1v) is 10.5. The number of carbonyl (C=O) groups is 1. The molecule has 3 aromatic rings. The Morgan fingerprint density at radius 3 is 2.64 bits per heavy atom. The maximum atomic E-state index is 13.2. The summed E-state index contributed by atoms with van der Waals surface area (Å²) < 4.78 is 1.99. The molecule has 0 unspecified atom stereocenters. The van der Waals surface area contributed by atoms with Crippen LogP contribution >= 0.6 is 11.3 Å². The van der Waals surface area contributed by atoms with Gasteiger partial charge in [0.25, 0.3) is 0 Å². The molecule has 2 aromatic heterocycles. The number of ketones is 1. The van der Waals surface area contributed by atoms with E-state index in [4.69, 9.17) is 5.10 Å². The number of thiophene rings is 1. The Morgan fingerprint density at radius 2 is 1.93 bits per heavy atom. The molecule has 0 fully saturated rings. The summed E-state index contributed by atoms with van der Waals surface area (Å²) in [5.41, 5.74) is 5.07. The normalized spacial score (nSPS) is 20.5. The first-order valence-electron chi connectivity index (χ1n) is 9.66. The zero-order valence-corrected chi connectivity index (χ0v) is 17.1. The Hall–Kier alpha value is -2.66. The summed E-state index contributed by atoms with van der Waals surface area (Å²) in [4.78, 5) is 14.4. The highest BCUT2D eigenvalue weighted by Gasteiger charge is 2.43. The first-order chi connectivity index (χ1) is 13.4. The van der Waals surface area contributed by atoms with Gasteiger partial charge in [0.1, 0.15) is 5.82 Å². The molecule has 0 radical (unpaired) electrons. The van der Waals surface area contributed by atoms with E-state index in [0.29, 0.717) is 6.42 Å². The van der Waals surface area contributed by atoms with Gasteiger partial charge >= 0.3 is 0 Å². The topological polar surface area (TPSA) is 46.9 Å². The molecule has 1 atom stereocenters. The number of allylic oxidation sites excluding steroid dienone is 2. The Labute approximate surface area is 168 Å². The summed E-state index contributed by atoms with van der Waals surface area (Å²) in [6, 6.07) is 14.4. The third-order valence-electron chi connectivity index (χ3n) is 5.70. The monoisotopic (exact) mass is 389 g/mol. The molecular formula is C23H23N3OS. The third kappa shape index (κ3) is 2.65. The third-order valence-corrected chi connectivity index (χ3v) is 6.64. The van der Waals surface area contributed by atoms with E-state index in [0.717, 1.165) is 40.5 Å². The molecule has 0 bridgehead atoms. The molecule has 1 N–H and O–H groups in total. The van der Waals surface area contributed by atoms with Crippen molar-refractivity contribution in [1.29, 1.82) is 0 Å². The predicted molar refractivity (Wildman–Crippen MR) is 113 cm³/mol. The van der Waals surface area contributed by atoms with Gasteiger partial charge in [-0.1, -0.05) is 38.1 Å². The minimum absolute atomic E-state index is 0.0347. The van der Waals surface area contributed by atoms with Crippen molar-refractivity contribution in [2.75, 3.05) is 5.32 Å². The van der Waals surface area contributed by atoms with E-state index in [1.54, 1.807) is 11.3 Å². The molecule has 5 rings (SSSR count). The summed E-state index contributed by atoms with van der Waals surface area (Å²) in [6.45, 7) is 6.39. The lowest BCUT2D eigenvalue weighted by Crippen LogP contribution is -2.34. The molecule has 1 aromatic carbocycles. The van der Waals surface area contributed by atoms with Gasteiger partial charge in [-0.15, -0.1) is 11.3 Å². The van der Waals surface area contributed by atoms with Crippen LogP contribution in [-0.4, -0.2) is 15.6 Å². The zero-order valence-electron chi connectivity index (χ0n) is 16.3. The highest BCUT2D eigenvalue weighted by atomic mass is 32.1. The van der Waals surface area contributed by atoms with Crippen molar-refractivity contribution < 1.29 is 4.79 Å². The molecule has 0 saturated carbocycles. The largest absolute Gasteiger partial charge is 0.343 e. The number of hydrogen-bond donors (Lipinski definition) is 1. The summed E-state index contributed by atoms with van der Waals surface area (Å²) in [7, 11) is 0. The maximum absolute atomic E-state index is 13.2. The van der Waals surface area contributed by atoms with Crippen molar-refractivity contribution in [2.24, 2.45) is 5.41 Å². The summed E-state index contributed by atoms with van der Waals surface area (Å²) in [5.74, 6) is 1.22. The van der Waals surface area contributed by atoms with Gasteiger partial charge in [0.2, 0.25) is 0 Å². The summed E-state index contributed by atoms with van der Waals surface area (Å²) in [6.07, 6.45) is 1.46. The first kappa shape index (κ1) is 17.4. The number of benzene rings is 1. The average Bonchev–Trinajstić information content (AvgIpc) is 3.28. The fourth-order valence-electron chi connectivity index (χ4n) is 4.57. The SMILES string of the molecule is Cc1nn(-c2ccccc2)c2c1[C@@H](c1cccs1)C1=C(CC(C)(C)CC1=O)N2. The number of hydrogen-bond acceptors (Lipinski definition) is 4. The molecule has 5 heteroatoms. The van der Waals surface area contributed by atoms with Crippen LogP contribution in [0.1, 0.15) is 48.7 Å². The Morgan fingerprint density at radius 1 is 1.14 bits per heavy atom. The van der Waals surface area contributed by atoms with Gasteiger partial charge in [-0.05, 0) is 42.3 Å². The molecule has 1 aliphatic heterocycles. The van der Waals surface area contributed by atoms with Crippen molar-refractivity contribution in [3.63, 3.8) is 0 Å². The molecule has 0 saturated heterocycles. The van der Waals surface area contributed by atoms with Gasteiger partial charge in [0.05, 0.1) is 17.3 Å². The molecule has 1 aliphatic carbocycles. The quantitative estimate of drug-likeness (QED) is 0.634. The number of nitrogens with zero attached hydrogens (tertiary/aromatic N) is 2. The van der Waals surface area contributed by atoms with Crippen LogP contribution in [0.15, 0.2) is 59.1 Å². The Balaban J connectivity index is 1.75. The van der Waals surface area contributed by atoms with Crippen molar-refractivity contribution >= 4 is 22.9 Å². The maximum Gasteiger partial charge on any atom is 0.162 e. The smallest absolute Gasteiger partial charge is 0.162 e. The number of fused-ring (bicyclic) bond motifs is 1. The van der Waals surface area contributed by atoms with Gasteiger partial charge in [0.15, 0.2) is 5.78 Å². The number of para-hydroxylation sites is 1. The van der Waals surface area contributed by atoms with Crippen LogP contribution in [0.25, 0.3) is 5.69 Å². The van der Waals surface area contributed by atoms with Crippen LogP contribution < -0.4 is 5.32 Å². The van der Waals surface area contributed by atoms with Crippen molar-refractivity contribution in [2.45, 2.75) is 39.5 Å². The minimum Gasteiger partial charge on any atom is -0.343 e. The number of anilines is 1. The van der Waals surface area contributed by atoms with E-state index in [2.05, 4.69) is 48.8 Å². The Bertz CT molecular complexity index is 1090. The van der Waals surface area contributed by atoms with Gasteiger partial charge in [-0.3, -0.25) is 4.79 Å². The van der Waals surface area contributed by atoms with Gasteiger partial charge < -0.3 is 5.32 Å². The molecule has 2 aliphatic rings. The van der Waals surface area contributed by atoms with Crippen molar-refractivity contribution in [3.05, 3.63) is 75.2 Å². The van der Waals surface area contributed by atoms with Crippen molar-refractivity contribution in [3.8, 4) is 5.69 Å². The van der Waals surface area contributed by atoms with Gasteiger partial charge in [0, 0.05) is 28.1 Å². The zero-order chi connectivity index (χ0) is 19.5. The fraction of sp³-hybridized carbons (Fsp3) is 0.304. The number of aryl methyl sites for hydroxylation is 1. The van der Waals surface area contributed by atoms with Gasteiger partial charge in [-0.25, -0.2) is 4.68 Å². The lowest BCUT2D eigenvalue weighted by molar-refractivity contribution is -0.118. The number of nitrogens with one attached hydrogen (secondary N) is 1. The summed E-state index contributed by atoms with van der Waals surface area (Å²) >= 11 is 1.71.